The standard InChI is InChI=1S/C26H22F3NO4/c1-16-8-10-18(11-9-16)33-24-22(32)19-12-13-21(31)20(23(19)34-25(24)26(27,28)29)15-30(2)14-17-6-4-3-5-7-17/h3-13,31H,14-15H2,1-2H3. The van der Waals surface area contributed by atoms with Gasteiger partial charge in [0.2, 0.25) is 11.2 Å². The maximum atomic E-state index is 13.9. The van der Waals surface area contributed by atoms with Gasteiger partial charge in [0.15, 0.2) is 0 Å². The summed E-state index contributed by atoms with van der Waals surface area (Å²) < 4.78 is 52.3. The Morgan fingerprint density at radius 1 is 0.971 bits per heavy atom. The van der Waals surface area contributed by atoms with Gasteiger partial charge in [0.25, 0.3) is 5.76 Å². The number of benzene rings is 3. The molecule has 0 spiro atoms. The van der Waals surface area contributed by atoms with Crippen LogP contribution in [-0.4, -0.2) is 7.05 Å². The fourth-order valence-electron chi connectivity index (χ4n) is 3.76. The van der Waals surface area contributed by atoms with Crippen molar-refractivity contribution in [3.8, 4) is 17.2 Å². The van der Waals surface area contributed by atoms with Crippen molar-refractivity contribution in [1.29, 1.82) is 0 Å². The Morgan fingerprint density at radius 3 is 2.29 bits per heavy atom. The van der Waals surface area contributed by atoms with Gasteiger partial charge in [-0.05, 0) is 25.1 Å². The van der Waals surface area contributed by atoms with Gasteiger partial charge >= 0.3 is 6.18 Å². The number of nitrogens with one attached hydrogen (secondary N) is 1. The summed E-state index contributed by atoms with van der Waals surface area (Å²) in [4.78, 5) is 14.0. The first kappa shape index (κ1) is 23.4. The Kier molecular flexibility index (Phi) is 6.34. The summed E-state index contributed by atoms with van der Waals surface area (Å²) in [5, 5.41) is 12.5. The molecule has 0 amide bonds. The SMILES string of the molecule is Cc1ccc(Oc2c(C(F)(F)F)oc3c(C[NH+](C)Cc4ccccc4)c([O-])ccc3c2=O)cc1. The zero-order chi connectivity index (χ0) is 24.5. The smallest absolute Gasteiger partial charge is 0.453 e. The molecule has 0 aliphatic heterocycles. The first-order valence-corrected chi connectivity index (χ1v) is 10.6. The minimum absolute atomic E-state index is 0.00965. The molecular formula is C26H22F3NO4. The van der Waals surface area contributed by atoms with Crippen LogP contribution in [0.25, 0.3) is 11.0 Å². The molecule has 0 saturated carbocycles. The van der Waals surface area contributed by atoms with Crippen LogP contribution in [0.15, 0.2) is 75.9 Å². The lowest BCUT2D eigenvalue weighted by atomic mass is 10.1. The Morgan fingerprint density at radius 2 is 1.65 bits per heavy atom. The van der Waals surface area contributed by atoms with E-state index >= 15 is 0 Å². The van der Waals surface area contributed by atoms with Crippen molar-refractivity contribution in [2.75, 3.05) is 7.05 Å². The van der Waals surface area contributed by atoms with Gasteiger partial charge in [-0.1, -0.05) is 59.8 Å². The molecule has 1 N–H and O–H groups in total. The molecule has 1 unspecified atom stereocenters. The van der Waals surface area contributed by atoms with Gasteiger partial charge in [-0.25, -0.2) is 0 Å². The summed E-state index contributed by atoms with van der Waals surface area (Å²) in [5.74, 6) is -2.96. The van der Waals surface area contributed by atoms with Crippen molar-refractivity contribution >= 4 is 11.0 Å². The second-order valence-corrected chi connectivity index (χ2v) is 8.22. The second-order valence-electron chi connectivity index (χ2n) is 8.22. The highest BCUT2D eigenvalue weighted by atomic mass is 19.4. The molecule has 34 heavy (non-hydrogen) atoms. The third kappa shape index (κ3) is 4.92. The molecule has 4 aromatic rings. The van der Waals surface area contributed by atoms with Crippen LogP contribution in [0.3, 0.4) is 0 Å². The van der Waals surface area contributed by atoms with Crippen LogP contribution >= 0.6 is 0 Å². The number of ether oxygens (including phenoxy) is 1. The van der Waals surface area contributed by atoms with Gasteiger partial charge in [-0.15, -0.1) is 0 Å². The lowest BCUT2D eigenvalue weighted by molar-refractivity contribution is -0.907. The van der Waals surface area contributed by atoms with Gasteiger partial charge in [0.05, 0.1) is 12.4 Å². The Bertz CT molecular complexity index is 1360. The zero-order valence-corrected chi connectivity index (χ0v) is 18.5. The largest absolute Gasteiger partial charge is 0.872 e. The van der Waals surface area contributed by atoms with Crippen LogP contribution in [0.1, 0.15) is 22.5 Å². The van der Waals surface area contributed by atoms with Gasteiger partial charge in [-0.2, -0.15) is 13.2 Å². The minimum atomic E-state index is -5.01. The summed E-state index contributed by atoms with van der Waals surface area (Å²) in [7, 11) is 1.81. The van der Waals surface area contributed by atoms with Crippen molar-refractivity contribution in [3.63, 3.8) is 0 Å². The number of rotatable bonds is 6. The van der Waals surface area contributed by atoms with E-state index in [1.54, 1.807) is 12.1 Å². The predicted molar refractivity (Wildman–Crippen MR) is 119 cm³/mol. The second kappa shape index (κ2) is 9.23. The van der Waals surface area contributed by atoms with E-state index in [2.05, 4.69) is 0 Å². The van der Waals surface area contributed by atoms with Crippen LogP contribution in [-0.2, 0) is 19.3 Å². The minimum Gasteiger partial charge on any atom is -0.872 e. The van der Waals surface area contributed by atoms with E-state index in [1.807, 2.05) is 44.3 Å². The van der Waals surface area contributed by atoms with Gasteiger partial charge < -0.3 is 19.2 Å². The van der Waals surface area contributed by atoms with E-state index in [0.717, 1.165) is 16.0 Å². The third-order valence-corrected chi connectivity index (χ3v) is 5.40. The van der Waals surface area contributed by atoms with Crippen LogP contribution in [0.5, 0.6) is 17.2 Å². The Balaban J connectivity index is 1.80. The van der Waals surface area contributed by atoms with Gasteiger partial charge in [-0.3, -0.25) is 4.79 Å². The quantitative estimate of drug-likeness (QED) is 0.460. The van der Waals surface area contributed by atoms with Crippen LogP contribution in [0, 0.1) is 6.92 Å². The highest BCUT2D eigenvalue weighted by molar-refractivity contribution is 5.83. The molecule has 3 aromatic carbocycles. The molecule has 5 nitrogen and oxygen atoms in total. The van der Waals surface area contributed by atoms with Crippen LogP contribution in [0.4, 0.5) is 13.2 Å². The number of alkyl halides is 3. The topological polar surface area (TPSA) is 66.9 Å². The first-order valence-electron chi connectivity index (χ1n) is 10.6. The average molecular weight is 469 g/mol. The number of aryl methyl sites for hydroxylation is 1. The summed E-state index contributed by atoms with van der Waals surface area (Å²) in [5.41, 5.74) is 0.530. The van der Waals surface area contributed by atoms with Crippen molar-refractivity contribution in [3.05, 3.63) is 99.4 Å². The first-order chi connectivity index (χ1) is 16.1. The highest BCUT2D eigenvalue weighted by Crippen LogP contribution is 2.39. The maximum Gasteiger partial charge on any atom is 0.453 e. The molecule has 0 fully saturated rings. The predicted octanol–water partition coefficient (Wildman–Crippen LogP) is 4.20. The van der Waals surface area contributed by atoms with E-state index in [1.165, 1.54) is 24.3 Å². The number of hydrogen-bond acceptors (Lipinski definition) is 4. The van der Waals surface area contributed by atoms with Gasteiger partial charge in [0, 0.05) is 11.1 Å². The molecule has 0 aliphatic carbocycles. The molecule has 0 saturated heterocycles. The summed E-state index contributed by atoms with van der Waals surface area (Å²) >= 11 is 0. The average Bonchev–Trinajstić information content (AvgIpc) is 2.78. The lowest BCUT2D eigenvalue weighted by Crippen LogP contribution is -3.06. The number of quaternary nitrogens is 1. The van der Waals surface area contributed by atoms with Crippen LogP contribution < -0.4 is 20.2 Å². The van der Waals surface area contributed by atoms with E-state index in [-0.39, 0.29) is 28.8 Å². The van der Waals surface area contributed by atoms with E-state index in [0.29, 0.717) is 6.54 Å². The fraction of sp³-hybridized carbons (Fsp3) is 0.192. The third-order valence-electron chi connectivity index (χ3n) is 5.40. The maximum absolute atomic E-state index is 13.9. The molecule has 8 heteroatoms. The molecule has 176 valence electrons. The van der Waals surface area contributed by atoms with Crippen LogP contribution in [0.2, 0.25) is 0 Å². The monoisotopic (exact) mass is 469 g/mol. The van der Waals surface area contributed by atoms with Crippen molar-refractivity contribution in [2.24, 2.45) is 0 Å². The molecule has 1 atom stereocenters. The molecule has 0 aliphatic rings. The van der Waals surface area contributed by atoms with E-state index in [4.69, 9.17) is 9.15 Å². The van der Waals surface area contributed by atoms with Crippen molar-refractivity contribution in [1.82, 2.24) is 0 Å². The fourth-order valence-corrected chi connectivity index (χ4v) is 3.76. The molecular weight excluding hydrogens is 447 g/mol. The zero-order valence-electron chi connectivity index (χ0n) is 18.5. The molecule has 0 radical (unpaired) electrons. The van der Waals surface area contributed by atoms with E-state index in [9.17, 15) is 23.1 Å². The van der Waals surface area contributed by atoms with E-state index < -0.39 is 28.9 Å². The molecule has 1 aromatic heterocycles. The summed E-state index contributed by atoms with van der Waals surface area (Å²) in [6.07, 6.45) is -5.01. The molecule has 0 bridgehead atoms. The van der Waals surface area contributed by atoms with Crippen molar-refractivity contribution < 1.29 is 32.3 Å². The molecule has 1 heterocycles. The highest BCUT2D eigenvalue weighted by Gasteiger charge is 2.41. The normalized spacial score (nSPS) is 12.6. The summed E-state index contributed by atoms with van der Waals surface area (Å²) in [6.45, 7) is 2.42. The van der Waals surface area contributed by atoms with Gasteiger partial charge in [0.1, 0.15) is 24.4 Å². The Labute approximate surface area is 193 Å². The number of halogens is 3. The number of hydrogen-bond donors (Lipinski definition) is 1. The Hall–Kier alpha value is -3.78. The number of fused-ring (bicyclic) bond motifs is 1. The molecule has 4 rings (SSSR count). The van der Waals surface area contributed by atoms with Crippen molar-refractivity contribution in [2.45, 2.75) is 26.2 Å². The lowest BCUT2D eigenvalue weighted by Gasteiger charge is -2.21. The summed E-state index contributed by atoms with van der Waals surface area (Å²) in [6, 6.07) is 18.1.